The zero-order valence-electron chi connectivity index (χ0n) is 22.5. The molecule has 1 fully saturated rings. The molecule has 3 aromatic rings. The standard InChI is InChI=1S/C34H43NO/c1-33(2,3)29-19-15-26(16-20-29)10-8-9-23-35-24-21-30(22-25-35)34(36)31-13-6-4-11-27(31)17-18-28-12-5-7-14-32(28)34/h4-7,11-16,19-20,30,36H,8-10,17-18,21-25H2,1-3H3. The molecular weight excluding hydrogens is 438 g/mol. The maximum atomic E-state index is 12.5. The number of hydrogen-bond acceptors (Lipinski definition) is 2. The molecule has 2 nitrogen and oxygen atoms in total. The molecule has 0 spiro atoms. The highest BCUT2D eigenvalue weighted by Gasteiger charge is 2.44. The Labute approximate surface area is 218 Å². The number of piperidine rings is 1. The van der Waals surface area contributed by atoms with Gasteiger partial charge in [-0.3, -0.25) is 0 Å². The molecule has 0 saturated carbocycles. The lowest BCUT2D eigenvalue weighted by Crippen LogP contribution is -2.45. The van der Waals surface area contributed by atoms with Crippen molar-refractivity contribution in [3.8, 4) is 0 Å². The first-order valence-electron chi connectivity index (χ1n) is 14.1. The molecule has 1 saturated heterocycles. The van der Waals surface area contributed by atoms with Crippen LogP contribution in [-0.4, -0.2) is 29.6 Å². The van der Waals surface area contributed by atoms with E-state index >= 15 is 0 Å². The third-order valence-electron chi connectivity index (χ3n) is 8.71. The lowest BCUT2D eigenvalue weighted by Gasteiger charge is -2.43. The summed E-state index contributed by atoms with van der Waals surface area (Å²) < 4.78 is 0. The number of likely N-dealkylation sites (tertiary alicyclic amines) is 1. The zero-order chi connectivity index (χ0) is 25.2. The minimum Gasteiger partial charge on any atom is -0.380 e. The Morgan fingerprint density at radius 2 is 1.33 bits per heavy atom. The molecule has 36 heavy (non-hydrogen) atoms. The number of aryl methyl sites for hydroxylation is 3. The highest BCUT2D eigenvalue weighted by Crippen LogP contribution is 2.46. The van der Waals surface area contributed by atoms with Crippen molar-refractivity contribution < 1.29 is 5.11 Å². The summed E-state index contributed by atoms with van der Waals surface area (Å²) in [5.74, 6) is 0.260. The van der Waals surface area contributed by atoms with Crippen molar-refractivity contribution in [3.63, 3.8) is 0 Å². The molecular formula is C34H43NO. The summed E-state index contributed by atoms with van der Waals surface area (Å²) in [6.07, 6.45) is 7.75. The van der Waals surface area contributed by atoms with Gasteiger partial charge in [-0.1, -0.05) is 93.6 Å². The summed E-state index contributed by atoms with van der Waals surface area (Å²) >= 11 is 0. The minimum absolute atomic E-state index is 0.221. The molecule has 0 unspecified atom stereocenters. The molecule has 1 aliphatic carbocycles. The van der Waals surface area contributed by atoms with E-state index in [9.17, 15) is 5.11 Å². The topological polar surface area (TPSA) is 23.5 Å². The second-order valence-corrected chi connectivity index (χ2v) is 12.1. The Balaban J connectivity index is 1.19. The Hall–Kier alpha value is -2.42. The first kappa shape index (κ1) is 25.2. The van der Waals surface area contributed by atoms with Crippen LogP contribution in [-0.2, 0) is 30.3 Å². The SMILES string of the molecule is CC(C)(C)c1ccc(CCCCN2CCC(C3(O)c4ccccc4CCc4ccccc43)CC2)cc1. The van der Waals surface area contributed by atoms with Gasteiger partial charge < -0.3 is 10.0 Å². The maximum Gasteiger partial charge on any atom is 0.118 e. The Kier molecular flexibility index (Phi) is 7.37. The van der Waals surface area contributed by atoms with Gasteiger partial charge in [-0.25, -0.2) is 0 Å². The van der Waals surface area contributed by atoms with Crippen molar-refractivity contribution >= 4 is 0 Å². The number of rotatable bonds is 6. The van der Waals surface area contributed by atoms with E-state index in [0.29, 0.717) is 0 Å². The van der Waals surface area contributed by atoms with Crippen LogP contribution in [0.1, 0.15) is 79.8 Å². The maximum absolute atomic E-state index is 12.5. The molecule has 0 aromatic heterocycles. The van der Waals surface area contributed by atoms with Crippen molar-refractivity contribution in [1.29, 1.82) is 0 Å². The summed E-state index contributed by atoms with van der Waals surface area (Å²) in [6, 6.07) is 26.5. The molecule has 3 aromatic carbocycles. The summed E-state index contributed by atoms with van der Waals surface area (Å²) in [5.41, 5.74) is 7.12. The average Bonchev–Trinajstić information content (AvgIpc) is 3.02. The Morgan fingerprint density at radius 3 is 1.89 bits per heavy atom. The Bertz CT molecular complexity index is 1100. The van der Waals surface area contributed by atoms with E-state index in [-0.39, 0.29) is 11.3 Å². The fourth-order valence-electron chi connectivity index (χ4n) is 6.48. The zero-order valence-corrected chi connectivity index (χ0v) is 22.5. The van der Waals surface area contributed by atoms with Crippen LogP contribution < -0.4 is 0 Å². The van der Waals surface area contributed by atoms with E-state index in [1.807, 2.05) is 0 Å². The summed E-state index contributed by atoms with van der Waals surface area (Å²) in [7, 11) is 0. The number of benzene rings is 3. The molecule has 0 amide bonds. The predicted molar refractivity (Wildman–Crippen MR) is 151 cm³/mol. The molecule has 1 heterocycles. The van der Waals surface area contributed by atoms with Crippen molar-refractivity contribution in [2.24, 2.45) is 5.92 Å². The van der Waals surface area contributed by atoms with E-state index < -0.39 is 5.60 Å². The third kappa shape index (κ3) is 5.17. The number of fused-ring (bicyclic) bond motifs is 2. The van der Waals surface area contributed by atoms with Crippen LogP contribution in [0.2, 0.25) is 0 Å². The fraction of sp³-hybridized carbons (Fsp3) is 0.471. The highest BCUT2D eigenvalue weighted by atomic mass is 16.3. The van der Waals surface area contributed by atoms with Crippen LogP contribution in [0.4, 0.5) is 0 Å². The van der Waals surface area contributed by atoms with E-state index in [2.05, 4.69) is 98.5 Å². The molecule has 5 rings (SSSR count). The first-order chi connectivity index (χ1) is 17.4. The molecule has 2 aliphatic rings. The normalized spacial score (nSPS) is 18.3. The summed E-state index contributed by atoms with van der Waals surface area (Å²) in [6.45, 7) is 10.2. The van der Waals surface area contributed by atoms with Gasteiger partial charge in [0.25, 0.3) is 0 Å². The van der Waals surface area contributed by atoms with Crippen LogP contribution in [0.15, 0.2) is 72.8 Å². The Morgan fingerprint density at radius 1 is 0.778 bits per heavy atom. The van der Waals surface area contributed by atoms with Gasteiger partial charge in [0.2, 0.25) is 0 Å². The number of aliphatic hydroxyl groups is 1. The highest BCUT2D eigenvalue weighted by molar-refractivity contribution is 5.48. The van der Waals surface area contributed by atoms with Crippen LogP contribution in [0.25, 0.3) is 0 Å². The van der Waals surface area contributed by atoms with Crippen LogP contribution >= 0.6 is 0 Å². The quantitative estimate of drug-likeness (QED) is 0.381. The predicted octanol–water partition coefficient (Wildman–Crippen LogP) is 7.05. The largest absolute Gasteiger partial charge is 0.380 e. The van der Waals surface area contributed by atoms with Crippen molar-refractivity contribution in [1.82, 2.24) is 4.90 Å². The lowest BCUT2D eigenvalue weighted by atomic mass is 9.70. The van der Waals surface area contributed by atoms with Crippen LogP contribution in [0.3, 0.4) is 0 Å². The smallest absolute Gasteiger partial charge is 0.118 e. The molecule has 2 heteroatoms. The summed E-state index contributed by atoms with van der Waals surface area (Å²) in [4.78, 5) is 2.62. The molecule has 190 valence electrons. The molecule has 0 atom stereocenters. The van der Waals surface area contributed by atoms with Crippen LogP contribution in [0.5, 0.6) is 0 Å². The van der Waals surface area contributed by atoms with Gasteiger partial charge in [0.15, 0.2) is 0 Å². The fourth-order valence-corrected chi connectivity index (χ4v) is 6.48. The number of nitrogens with zero attached hydrogens (tertiary/aromatic N) is 1. The van der Waals surface area contributed by atoms with Gasteiger partial charge >= 0.3 is 0 Å². The van der Waals surface area contributed by atoms with Crippen molar-refractivity contribution in [2.75, 3.05) is 19.6 Å². The van der Waals surface area contributed by atoms with Crippen molar-refractivity contribution in [2.45, 2.75) is 76.7 Å². The van der Waals surface area contributed by atoms with E-state index in [1.165, 1.54) is 41.6 Å². The minimum atomic E-state index is -0.880. The van der Waals surface area contributed by atoms with Gasteiger partial charge in [-0.05, 0) is 109 Å². The average molecular weight is 482 g/mol. The third-order valence-corrected chi connectivity index (χ3v) is 8.71. The van der Waals surface area contributed by atoms with E-state index in [1.54, 1.807) is 0 Å². The van der Waals surface area contributed by atoms with Gasteiger partial charge in [-0.2, -0.15) is 0 Å². The van der Waals surface area contributed by atoms with E-state index in [0.717, 1.165) is 56.3 Å². The molecule has 0 radical (unpaired) electrons. The van der Waals surface area contributed by atoms with Gasteiger partial charge in [0, 0.05) is 0 Å². The van der Waals surface area contributed by atoms with Gasteiger partial charge in [0.05, 0.1) is 0 Å². The molecule has 0 bridgehead atoms. The van der Waals surface area contributed by atoms with Gasteiger partial charge in [0.1, 0.15) is 5.60 Å². The van der Waals surface area contributed by atoms with Crippen molar-refractivity contribution in [3.05, 3.63) is 106 Å². The lowest BCUT2D eigenvalue weighted by molar-refractivity contribution is -0.0147. The van der Waals surface area contributed by atoms with Crippen LogP contribution in [0, 0.1) is 5.92 Å². The second-order valence-electron chi connectivity index (χ2n) is 12.1. The summed E-state index contributed by atoms with van der Waals surface area (Å²) in [5, 5.41) is 12.5. The first-order valence-corrected chi connectivity index (χ1v) is 14.1. The number of unbranched alkanes of at least 4 members (excludes halogenated alkanes) is 1. The molecule has 1 N–H and O–H groups in total. The van der Waals surface area contributed by atoms with E-state index in [4.69, 9.17) is 0 Å². The monoisotopic (exact) mass is 481 g/mol. The molecule has 1 aliphatic heterocycles. The van der Waals surface area contributed by atoms with Gasteiger partial charge in [-0.15, -0.1) is 0 Å². The second kappa shape index (κ2) is 10.5. The number of hydrogen-bond donors (Lipinski definition) is 1.